The van der Waals surface area contributed by atoms with E-state index in [1.54, 1.807) is 0 Å². The summed E-state index contributed by atoms with van der Waals surface area (Å²) >= 11 is 0. The molecule has 0 unspecified atom stereocenters. The highest BCUT2D eigenvalue weighted by atomic mass is 15.3. The van der Waals surface area contributed by atoms with E-state index in [1.807, 2.05) is 4.68 Å². The zero-order valence-electron chi connectivity index (χ0n) is 10.7. The number of hydrogen-bond acceptors (Lipinski definition) is 2. The van der Waals surface area contributed by atoms with Crippen LogP contribution in [-0.4, -0.2) is 9.78 Å². The molecule has 0 bridgehead atoms. The molecule has 0 saturated heterocycles. The summed E-state index contributed by atoms with van der Waals surface area (Å²) in [6.45, 7) is 8.03. The van der Waals surface area contributed by atoms with E-state index >= 15 is 0 Å². The second-order valence-electron chi connectivity index (χ2n) is 4.33. The first-order valence-corrected chi connectivity index (χ1v) is 6.03. The molecule has 0 amide bonds. The quantitative estimate of drug-likeness (QED) is 0.873. The van der Waals surface area contributed by atoms with E-state index in [1.165, 1.54) is 16.8 Å². The predicted octanol–water partition coefficient (Wildman–Crippen LogP) is 3.13. The molecule has 1 heterocycles. The van der Waals surface area contributed by atoms with Crippen LogP contribution in [0, 0.1) is 13.8 Å². The Morgan fingerprint density at radius 3 is 2.71 bits per heavy atom. The lowest BCUT2D eigenvalue weighted by Crippen LogP contribution is -2.02. The predicted molar refractivity (Wildman–Crippen MR) is 71.1 cm³/mol. The molecule has 0 aliphatic heterocycles. The Hall–Kier alpha value is -1.77. The van der Waals surface area contributed by atoms with Crippen LogP contribution < -0.4 is 5.32 Å². The molecule has 1 aromatic heterocycles. The summed E-state index contributed by atoms with van der Waals surface area (Å²) < 4.78 is 2.00. The van der Waals surface area contributed by atoms with Crippen molar-refractivity contribution in [2.75, 3.05) is 5.32 Å². The maximum Gasteiger partial charge on any atom is 0.148 e. The van der Waals surface area contributed by atoms with Gasteiger partial charge >= 0.3 is 0 Å². The van der Waals surface area contributed by atoms with E-state index in [-0.39, 0.29) is 0 Å². The van der Waals surface area contributed by atoms with Gasteiger partial charge in [0.1, 0.15) is 5.82 Å². The van der Waals surface area contributed by atoms with Crippen molar-refractivity contribution in [2.45, 2.75) is 33.9 Å². The van der Waals surface area contributed by atoms with E-state index in [0.717, 1.165) is 18.9 Å². The molecule has 3 nitrogen and oxygen atoms in total. The van der Waals surface area contributed by atoms with Gasteiger partial charge in [0.25, 0.3) is 0 Å². The Bertz CT molecular complexity index is 500. The van der Waals surface area contributed by atoms with Crippen molar-refractivity contribution >= 4 is 5.82 Å². The van der Waals surface area contributed by atoms with Gasteiger partial charge in [-0.25, -0.2) is 0 Å². The van der Waals surface area contributed by atoms with Crippen LogP contribution in [-0.2, 0) is 13.1 Å². The van der Waals surface area contributed by atoms with Gasteiger partial charge < -0.3 is 5.32 Å². The van der Waals surface area contributed by atoms with Gasteiger partial charge in [-0.1, -0.05) is 29.8 Å². The van der Waals surface area contributed by atoms with Gasteiger partial charge in [-0.3, -0.25) is 4.68 Å². The molecule has 3 heteroatoms. The van der Waals surface area contributed by atoms with Crippen LogP contribution in [0.1, 0.15) is 23.7 Å². The van der Waals surface area contributed by atoms with Gasteiger partial charge in [-0.2, -0.15) is 5.10 Å². The van der Waals surface area contributed by atoms with Crippen LogP contribution in [0.25, 0.3) is 0 Å². The minimum absolute atomic E-state index is 0.821. The second-order valence-corrected chi connectivity index (χ2v) is 4.33. The minimum atomic E-state index is 0.821. The highest BCUT2D eigenvalue weighted by molar-refractivity contribution is 5.37. The van der Waals surface area contributed by atoms with Crippen LogP contribution in [0.3, 0.4) is 0 Å². The topological polar surface area (TPSA) is 29.9 Å². The Morgan fingerprint density at radius 1 is 1.24 bits per heavy atom. The number of nitrogens with one attached hydrogen (secondary N) is 1. The fourth-order valence-corrected chi connectivity index (χ4v) is 1.93. The molecule has 0 saturated carbocycles. The Morgan fingerprint density at radius 2 is 2.06 bits per heavy atom. The first-order valence-electron chi connectivity index (χ1n) is 6.03. The van der Waals surface area contributed by atoms with Crippen molar-refractivity contribution < 1.29 is 0 Å². The molecular formula is C14H19N3. The third-order valence-electron chi connectivity index (χ3n) is 2.84. The van der Waals surface area contributed by atoms with Crippen molar-refractivity contribution in [1.29, 1.82) is 0 Å². The first kappa shape index (κ1) is 11.7. The molecule has 1 aromatic carbocycles. The first-order chi connectivity index (χ1) is 8.19. The van der Waals surface area contributed by atoms with Gasteiger partial charge in [-0.15, -0.1) is 0 Å². The third kappa shape index (κ3) is 2.87. The summed E-state index contributed by atoms with van der Waals surface area (Å²) in [5.74, 6) is 0.950. The Labute approximate surface area is 102 Å². The number of anilines is 1. The average molecular weight is 229 g/mol. The SMILES string of the molecule is CCn1nc(NCc2cccc(C)c2)cc1C. The fraction of sp³-hybridized carbons (Fsp3) is 0.357. The van der Waals surface area contributed by atoms with E-state index in [4.69, 9.17) is 0 Å². The third-order valence-corrected chi connectivity index (χ3v) is 2.84. The number of hydrogen-bond donors (Lipinski definition) is 1. The molecule has 17 heavy (non-hydrogen) atoms. The molecule has 2 rings (SSSR count). The zero-order chi connectivity index (χ0) is 12.3. The van der Waals surface area contributed by atoms with Crippen LogP contribution in [0.4, 0.5) is 5.82 Å². The summed E-state index contributed by atoms with van der Waals surface area (Å²) in [7, 11) is 0. The number of aryl methyl sites for hydroxylation is 3. The summed E-state index contributed by atoms with van der Waals surface area (Å²) in [5.41, 5.74) is 3.77. The van der Waals surface area contributed by atoms with Gasteiger partial charge in [0, 0.05) is 24.8 Å². The molecule has 0 radical (unpaired) electrons. The molecule has 1 N–H and O–H groups in total. The highest BCUT2D eigenvalue weighted by Gasteiger charge is 2.02. The fourth-order valence-electron chi connectivity index (χ4n) is 1.93. The largest absolute Gasteiger partial charge is 0.365 e. The van der Waals surface area contributed by atoms with E-state index < -0.39 is 0 Å². The highest BCUT2D eigenvalue weighted by Crippen LogP contribution is 2.11. The van der Waals surface area contributed by atoms with Crippen molar-refractivity contribution in [2.24, 2.45) is 0 Å². The lowest BCUT2D eigenvalue weighted by atomic mass is 10.1. The van der Waals surface area contributed by atoms with E-state index in [0.29, 0.717) is 0 Å². The second kappa shape index (κ2) is 5.04. The standard InChI is InChI=1S/C14H19N3/c1-4-17-12(3)9-14(16-17)15-10-13-7-5-6-11(2)8-13/h5-9H,4,10H2,1-3H3,(H,15,16). The van der Waals surface area contributed by atoms with Crippen molar-refractivity contribution in [3.05, 3.63) is 47.2 Å². The van der Waals surface area contributed by atoms with Gasteiger partial charge in [0.15, 0.2) is 0 Å². The van der Waals surface area contributed by atoms with Gasteiger partial charge in [-0.05, 0) is 26.3 Å². The lowest BCUT2D eigenvalue weighted by Gasteiger charge is -2.04. The molecule has 0 atom stereocenters. The molecule has 0 fully saturated rings. The Balaban J connectivity index is 2.02. The van der Waals surface area contributed by atoms with Crippen LogP contribution in [0.2, 0.25) is 0 Å². The van der Waals surface area contributed by atoms with Crippen LogP contribution in [0.5, 0.6) is 0 Å². The number of rotatable bonds is 4. The van der Waals surface area contributed by atoms with E-state index in [9.17, 15) is 0 Å². The summed E-state index contributed by atoms with van der Waals surface area (Å²) in [5, 5.41) is 7.82. The van der Waals surface area contributed by atoms with Gasteiger partial charge in [0.05, 0.1) is 0 Å². The van der Waals surface area contributed by atoms with Crippen molar-refractivity contribution in [3.63, 3.8) is 0 Å². The maximum absolute atomic E-state index is 4.47. The molecule has 0 spiro atoms. The number of aromatic nitrogens is 2. The Kier molecular flexibility index (Phi) is 3.47. The lowest BCUT2D eigenvalue weighted by molar-refractivity contribution is 0.641. The van der Waals surface area contributed by atoms with E-state index in [2.05, 4.69) is 61.5 Å². The molecule has 0 aliphatic carbocycles. The van der Waals surface area contributed by atoms with Gasteiger partial charge in [0.2, 0.25) is 0 Å². The van der Waals surface area contributed by atoms with Crippen molar-refractivity contribution in [3.8, 4) is 0 Å². The van der Waals surface area contributed by atoms with Crippen molar-refractivity contribution in [1.82, 2.24) is 9.78 Å². The summed E-state index contributed by atoms with van der Waals surface area (Å²) in [6.07, 6.45) is 0. The number of nitrogens with zero attached hydrogens (tertiary/aromatic N) is 2. The monoisotopic (exact) mass is 229 g/mol. The smallest absolute Gasteiger partial charge is 0.148 e. The minimum Gasteiger partial charge on any atom is -0.365 e. The normalized spacial score (nSPS) is 10.5. The average Bonchev–Trinajstić information content (AvgIpc) is 2.67. The summed E-state index contributed by atoms with van der Waals surface area (Å²) in [6, 6.07) is 10.6. The van der Waals surface area contributed by atoms with Crippen LogP contribution in [0.15, 0.2) is 30.3 Å². The summed E-state index contributed by atoms with van der Waals surface area (Å²) in [4.78, 5) is 0. The molecular weight excluding hydrogens is 210 g/mol. The van der Waals surface area contributed by atoms with Crippen LogP contribution >= 0.6 is 0 Å². The zero-order valence-corrected chi connectivity index (χ0v) is 10.7. The molecule has 0 aliphatic rings. The molecule has 2 aromatic rings. The number of benzene rings is 1. The maximum atomic E-state index is 4.47. The molecule has 90 valence electrons.